The van der Waals surface area contributed by atoms with Crippen molar-refractivity contribution in [3.05, 3.63) is 47.3 Å². The maximum Gasteiger partial charge on any atom is 0.0926 e. The number of nitrogens with zero attached hydrogens (tertiary/aromatic N) is 1. The van der Waals surface area contributed by atoms with Crippen LogP contribution in [0.5, 0.6) is 0 Å². The molecule has 0 aliphatic carbocycles. The van der Waals surface area contributed by atoms with Gasteiger partial charge in [-0.1, -0.05) is 30.3 Å². The minimum atomic E-state index is -0.721. The van der Waals surface area contributed by atoms with Crippen LogP contribution in [0, 0.1) is 0 Å². The van der Waals surface area contributed by atoms with Crippen LogP contribution in [-0.4, -0.2) is 64.8 Å². The largest absolute Gasteiger partial charge is 0.395 e. The average Bonchev–Trinajstić information content (AvgIpc) is 3.25. The van der Waals surface area contributed by atoms with Crippen LogP contribution >= 0.6 is 11.3 Å². The summed E-state index contributed by atoms with van der Waals surface area (Å²) in [6.45, 7) is 2.66. The third-order valence-electron chi connectivity index (χ3n) is 5.37. The number of hydrogen-bond donors (Lipinski definition) is 3. The Balaban J connectivity index is 1.28. The molecule has 3 rings (SSSR count). The second kappa shape index (κ2) is 11.0. The minimum Gasteiger partial charge on any atom is -0.395 e. The number of likely N-dealkylation sites (tertiary alicyclic amines) is 1. The Kier molecular flexibility index (Phi) is 8.45. The lowest BCUT2D eigenvalue weighted by molar-refractivity contribution is -0.0711. The molecule has 1 saturated heterocycles. The van der Waals surface area contributed by atoms with E-state index in [0.717, 1.165) is 32.4 Å². The third kappa shape index (κ3) is 6.11. The molecule has 1 aliphatic heterocycles. The van der Waals surface area contributed by atoms with Crippen LogP contribution in [-0.2, 0) is 11.3 Å². The number of ether oxygens (including phenoxy) is 1. The van der Waals surface area contributed by atoms with Crippen molar-refractivity contribution in [3.8, 4) is 10.4 Å². The number of aliphatic hydroxyl groups is 3. The van der Waals surface area contributed by atoms with Gasteiger partial charge in [-0.25, -0.2) is 0 Å². The number of rotatable bonds is 10. The Morgan fingerprint density at radius 3 is 2.57 bits per heavy atom. The molecular formula is C22H31NO4S. The third-order valence-corrected chi connectivity index (χ3v) is 6.29. The second-order valence-corrected chi connectivity index (χ2v) is 8.44. The van der Waals surface area contributed by atoms with Crippen LogP contribution in [0.1, 0.15) is 31.2 Å². The zero-order valence-electron chi connectivity index (χ0n) is 16.2. The van der Waals surface area contributed by atoms with E-state index >= 15 is 0 Å². The predicted octanol–water partition coefficient (Wildman–Crippen LogP) is 2.89. The van der Waals surface area contributed by atoms with Crippen LogP contribution < -0.4 is 0 Å². The fraction of sp³-hybridized carbons (Fsp3) is 0.545. The van der Waals surface area contributed by atoms with Gasteiger partial charge in [0.2, 0.25) is 0 Å². The number of unbranched alkanes of at least 4 members (excludes halogenated alkanes) is 2. The quantitative estimate of drug-likeness (QED) is 0.530. The summed E-state index contributed by atoms with van der Waals surface area (Å²) in [5.41, 5.74) is 2.43. The van der Waals surface area contributed by atoms with E-state index in [-0.39, 0.29) is 12.6 Å². The second-order valence-electron chi connectivity index (χ2n) is 7.49. The van der Waals surface area contributed by atoms with E-state index in [1.54, 1.807) is 11.3 Å². The highest BCUT2D eigenvalue weighted by molar-refractivity contribution is 7.13. The summed E-state index contributed by atoms with van der Waals surface area (Å²) in [5, 5.41) is 31.1. The minimum absolute atomic E-state index is 0.0260. The molecule has 1 fully saturated rings. The van der Waals surface area contributed by atoms with Gasteiger partial charge in [-0.15, -0.1) is 11.3 Å². The lowest BCUT2D eigenvalue weighted by Gasteiger charge is -2.39. The van der Waals surface area contributed by atoms with Crippen LogP contribution in [0.3, 0.4) is 0 Å². The Morgan fingerprint density at radius 2 is 1.86 bits per heavy atom. The molecule has 0 spiro atoms. The van der Waals surface area contributed by atoms with Crippen molar-refractivity contribution in [1.82, 2.24) is 4.90 Å². The molecule has 154 valence electrons. The fourth-order valence-corrected chi connectivity index (χ4v) is 4.39. The maximum atomic E-state index is 9.82. The van der Waals surface area contributed by atoms with Gasteiger partial charge >= 0.3 is 0 Å². The summed E-state index contributed by atoms with van der Waals surface area (Å²) in [4.78, 5) is 3.37. The number of benzene rings is 1. The standard InChI is InChI=1S/C22H31NO4S/c24-15-19-13-20(25)21(26)14-23(19)10-2-1-3-11-27-16-17-6-8-18(9-7-17)22-5-4-12-28-22/h4-9,12,19-21,24-26H,1-3,10-11,13-16H2/t19-,20?,21+/m1/s1. The topological polar surface area (TPSA) is 73.2 Å². The van der Waals surface area contributed by atoms with Crippen molar-refractivity contribution < 1.29 is 20.1 Å². The molecule has 0 radical (unpaired) electrons. The van der Waals surface area contributed by atoms with Gasteiger partial charge in [0.05, 0.1) is 25.4 Å². The highest BCUT2D eigenvalue weighted by atomic mass is 32.1. The molecule has 6 heteroatoms. The fourth-order valence-electron chi connectivity index (χ4n) is 3.65. The first-order valence-electron chi connectivity index (χ1n) is 10.1. The van der Waals surface area contributed by atoms with Gasteiger partial charge in [-0.2, -0.15) is 0 Å². The smallest absolute Gasteiger partial charge is 0.0926 e. The summed E-state index contributed by atoms with van der Waals surface area (Å²) in [6.07, 6.45) is 2.05. The van der Waals surface area contributed by atoms with Gasteiger partial charge in [0.1, 0.15) is 0 Å². The molecule has 0 amide bonds. The number of thiophene rings is 1. The summed E-state index contributed by atoms with van der Waals surface area (Å²) in [5.74, 6) is 0. The van der Waals surface area contributed by atoms with Gasteiger partial charge in [0, 0.05) is 24.1 Å². The Hall–Kier alpha value is -1.28. The first-order valence-corrected chi connectivity index (χ1v) is 11.0. The number of aliphatic hydroxyl groups excluding tert-OH is 3. The van der Waals surface area contributed by atoms with Crippen LogP contribution in [0.4, 0.5) is 0 Å². The molecule has 1 aliphatic rings. The van der Waals surface area contributed by atoms with Crippen molar-refractivity contribution in [2.45, 2.75) is 50.5 Å². The average molecular weight is 406 g/mol. The first kappa shape index (κ1) is 21.4. The molecule has 1 aromatic heterocycles. The normalized spacial score (nSPS) is 23.2. The Morgan fingerprint density at radius 1 is 1.04 bits per heavy atom. The molecule has 1 unspecified atom stereocenters. The number of hydrogen-bond acceptors (Lipinski definition) is 6. The molecule has 1 aromatic carbocycles. The molecule has 0 bridgehead atoms. The highest BCUT2D eigenvalue weighted by Gasteiger charge is 2.32. The molecular weight excluding hydrogens is 374 g/mol. The van der Waals surface area contributed by atoms with E-state index in [0.29, 0.717) is 19.6 Å². The SMILES string of the molecule is OC[C@H]1CC(O)[C@@H](O)CN1CCCCCOCc1ccc(-c2cccs2)cc1. The maximum absolute atomic E-state index is 9.82. The lowest BCUT2D eigenvalue weighted by atomic mass is 9.97. The van der Waals surface area contributed by atoms with Crippen molar-refractivity contribution >= 4 is 11.3 Å². The van der Waals surface area contributed by atoms with Crippen molar-refractivity contribution in [1.29, 1.82) is 0 Å². The van der Waals surface area contributed by atoms with Gasteiger partial charge in [0.25, 0.3) is 0 Å². The monoisotopic (exact) mass is 405 g/mol. The lowest BCUT2D eigenvalue weighted by Crippen LogP contribution is -2.53. The molecule has 3 atom stereocenters. The summed E-state index contributed by atoms with van der Waals surface area (Å²) < 4.78 is 5.79. The molecule has 28 heavy (non-hydrogen) atoms. The predicted molar refractivity (Wildman–Crippen MR) is 112 cm³/mol. The molecule has 3 N–H and O–H groups in total. The van der Waals surface area contributed by atoms with Gasteiger partial charge in [-0.05, 0) is 54.8 Å². The van der Waals surface area contributed by atoms with Crippen molar-refractivity contribution in [3.63, 3.8) is 0 Å². The van der Waals surface area contributed by atoms with Crippen LogP contribution in [0.25, 0.3) is 10.4 Å². The summed E-state index contributed by atoms with van der Waals surface area (Å²) in [7, 11) is 0. The van der Waals surface area contributed by atoms with Crippen LogP contribution in [0.15, 0.2) is 41.8 Å². The molecule has 5 nitrogen and oxygen atoms in total. The molecule has 0 saturated carbocycles. The van der Waals surface area contributed by atoms with E-state index in [4.69, 9.17) is 4.74 Å². The van der Waals surface area contributed by atoms with E-state index < -0.39 is 12.2 Å². The zero-order valence-corrected chi connectivity index (χ0v) is 17.1. The van der Waals surface area contributed by atoms with Gasteiger partial charge < -0.3 is 20.1 Å². The number of β-amino-alcohol motifs (C(OH)–C–C–N with tert-alkyl or cyclic N) is 1. The van der Waals surface area contributed by atoms with Gasteiger partial charge in [0.15, 0.2) is 0 Å². The van der Waals surface area contributed by atoms with E-state index in [9.17, 15) is 15.3 Å². The van der Waals surface area contributed by atoms with E-state index in [2.05, 4.69) is 46.7 Å². The highest BCUT2D eigenvalue weighted by Crippen LogP contribution is 2.24. The van der Waals surface area contributed by atoms with Crippen molar-refractivity contribution in [2.24, 2.45) is 0 Å². The van der Waals surface area contributed by atoms with Crippen LogP contribution in [0.2, 0.25) is 0 Å². The van der Waals surface area contributed by atoms with Crippen molar-refractivity contribution in [2.75, 3.05) is 26.3 Å². The molecule has 2 aromatic rings. The van der Waals surface area contributed by atoms with Gasteiger partial charge in [-0.3, -0.25) is 4.90 Å². The number of piperidine rings is 1. The van der Waals surface area contributed by atoms with E-state index in [1.807, 2.05) is 0 Å². The summed E-state index contributed by atoms with van der Waals surface area (Å²) >= 11 is 1.75. The molecule has 2 heterocycles. The Labute approximate surface area is 171 Å². The Bertz CT molecular complexity index is 676. The first-order chi connectivity index (χ1) is 13.7. The van der Waals surface area contributed by atoms with E-state index in [1.165, 1.54) is 16.0 Å². The summed E-state index contributed by atoms with van der Waals surface area (Å²) in [6, 6.07) is 12.7. The zero-order chi connectivity index (χ0) is 19.8.